The quantitative estimate of drug-likeness (QED) is 0.528. The molecule has 2 atom stereocenters. The van der Waals surface area contributed by atoms with Crippen molar-refractivity contribution in [1.29, 1.82) is 0 Å². The summed E-state index contributed by atoms with van der Waals surface area (Å²) in [5, 5.41) is 43.0. The standard InChI is InChI=1S/C25H26O7/c1-13(2)5-7-16-18(27)12-20-21(22(16)28)23(29)25(30)24(31-20,10-9-14(3)4)17-8-6-15(26)11-19(17)32-25/h5-6,8-9,11-12,26-28,30H,7,10H2,1-4H3. The van der Waals surface area contributed by atoms with Crippen molar-refractivity contribution >= 4 is 5.78 Å². The maximum absolute atomic E-state index is 13.7. The molecule has 7 heteroatoms. The molecule has 7 nitrogen and oxygen atoms in total. The van der Waals surface area contributed by atoms with E-state index in [1.807, 2.05) is 27.7 Å². The van der Waals surface area contributed by atoms with Crippen LogP contribution in [-0.2, 0) is 12.0 Å². The summed E-state index contributed by atoms with van der Waals surface area (Å²) in [5.74, 6) is -4.10. The molecule has 168 valence electrons. The molecular formula is C25H26O7. The van der Waals surface area contributed by atoms with E-state index in [1.165, 1.54) is 24.3 Å². The van der Waals surface area contributed by atoms with Crippen LogP contribution in [0.4, 0.5) is 0 Å². The van der Waals surface area contributed by atoms with Crippen LogP contribution in [-0.4, -0.2) is 32.0 Å². The lowest BCUT2D eigenvalue weighted by molar-refractivity contribution is -0.201. The molecule has 0 spiro atoms. The number of hydrogen-bond donors (Lipinski definition) is 4. The van der Waals surface area contributed by atoms with Gasteiger partial charge in [-0.3, -0.25) is 4.79 Å². The summed E-state index contributed by atoms with van der Waals surface area (Å²) in [6, 6.07) is 5.53. The van der Waals surface area contributed by atoms with Crippen molar-refractivity contribution in [2.24, 2.45) is 0 Å². The van der Waals surface area contributed by atoms with Crippen molar-refractivity contribution in [3.8, 4) is 28.7 Å². The summed E-state index contributed by atoms with van der Waals surface area (Å²) in [5.41, 5.74) is 0.499. The molecule has 0 fully saturated rings. The number of phenols is 3. The highest BCUT2D eigenvalue weighted by atomic mass is 16.7. The van der Waals surface area contributed by atoms with Gasteiger partial charge in [-0.25, -0.2) is 0 Å². The van der Waals surface area contributed by atoms with E-state index in [-0.39, 0.29) is 47.0 Å². The smallest absolute Gasteiger partial charge is 0.318 e. The summed E-state index contributed by atoms with van der Waals surface area (Å²) < 4.78 is 11.9. The zero-order valence-corrected chi connectivity index (χ0v) is 18.4. The first-order valence-corrected chi connectivity index (χ1v) is 10.3. The molecule has 2 heterocycles. The Labute approximate surface area is 185 Å². The lowest BCUT2D eigenvalue weighted by Crippen LogP contribution is -2.62. The van der Waals surface area contributed by atoms with E-state index in [4.69, 9.17) is 9.47 Å². The average Bonchev–Trinajstić information content (AvgIpc) is 2.94. The van der Waals surface area contributed by atoms with Crippen LogP contribution < -0.4 is 9.47 Å². The Morgan fingerprint density at radius 3 is 2.31 bits per heavy atom. The third-order valence-electron chi connectivity index (χ3n) is 5.88. The van der Waals surface area contributed by atoms with Gasteiger partial charge in [0.05, 0.1) is 0 Å². The molecule has 4 rings (SSSR count). The molecule has 2 aliphatic heterocycles. The van der Waals surface area contributed by atoms with Gasteiger partial charge in [-0.1, -0.05) is 23.3 Å². The number of rotatable bonds is 4. The first-order valence-electron chi connectivity index (χ1n) is 10.3. The summed E-state index contributed by atoms with van der Waals surface area (Å²) >= 11 is 0. The fourth-order valence-corrected chi connectivity index (χ4v) is 4.18. The molecule has 2 aliphatic rings. The van der Waals surface area contributed by atoms with Gasteiger partial charge in [-0.15, -0.1) is 0 Å². The molecule has 0 aromatic heterocycles. The Hall–Kier alpha value is -3.45. The van der Waals surface area contributed by atoms with Crippen LogP contribution in [0.2, 0.25) is 0 Å². The highest BCUT2D eigenvalue weighted by Gasteiger charge is 2.69. The van der Waals surface area contributed by atoms with Gasteiger partial charge >= 0.3 is 5.79 Å². The first-order chi connectivity index (χ1) is 15.0. The number of carbonyl (C=O) groups excluding carboxylic acids is 1. The van der Waals surface area contributed by atoms with Crippen LogP contribution in [0.15, 0.2) is 47.6 Å². The molecule has 32 heavy (non-hydrogen) atoms. The van der Waals surface area contributed by atoms with E-state index >= 15 is 0 Å². The van der Waals surface area contributed by atoms with Crippen molar-refractivity contribution in [3.05, 3.63) is 64.3 Å². The number of benzene rings is 2. The Balaban J connectivity index is 1.95. The van der Waals surface area contributed by atoms with Crippen LogP contribution in [0, 0.1) is 0 Å². The van der Waals surface area contributed by atoms with Gasteiger partial charge < -0.3 is 29.9 Å². The molecule has 2 unspecified atom stereocenters. The molecule has 0 radical (unpaired) electrons. The average molecular weight is 438 g/mol. The Morgan fingerprint density at radius 2 is 1.66 bits per heavy atom. The Kier molecular flexibility index (Phi) is 4.97. The van der Waals surface area contributed by atoms with Gasteiger partial charge in [0, 0.05) is 29.7 Å². The Morgan fingerprint density at radius 1 is 0.969 bits per heavy atom. The molecule has 0 aliphatic carbocycles. The van der Waals surface area contributed by atoms with Crippen LogP contribution in [0.5, 0.6) is 28.7 Å². The maximum Gasteiger partial charge on any atom is 0.318 e. The summed E-state index contributed by atoms with van der Waals surface area (Å²) in [7, 11) is 0. The van der Waals surface area contributed by atoms with Crippen LogP contribution in [0.25, 0.3) is 0 Å². The van der Waals surface area contributed by atoms with Gasteiger partial charge in [0.2, 0.25) is 11.4 Å². The van der Waals surface area contributed by atoms with E-state index in [0.717, 1.165) is 11.1 Å². The minimum absolute atomic E-state index is 0.0534. The van der Waals surface area contributed by atoms with Gasteiger partial charge in [0.1, 0.15) is 34.3 Å². The number of aromatic hydroxyl groups is 3. The van der Waals surface area contributed by atoms with Gasteiger partial charge in [0.15, 0.2) is 0 Å². The van der Waals surface area contributed by atoms with Crippen molar-refractivity contribution in [2.75, 3.05) is 0 Å². The topological polar surface area (TPSA) is 116 Å². The second-order valence-corrected chi connectivity index (χ2v) is 8.75. The SMILES string of the molecule is CC(C)=CCc1c(O)cc2c(c1O)C(=O)C1(O)Oc3cc(O)ccc3C1(CC=C(C)C)O2. The number of aliphatic hydroxyl groups is 1. The third-order valence-corrected chi connectivity index (χ3v) is 5.88. The molecular weight excluding hydrogens is 412 g/mol. The third kappa shape index (κ3) is 3.04. The number of ketones is 1. The lowest BCUT2D eigenvalue weighted by Gasteiger charge is -2.43. The van der Waals surface area contributed by atoms with Crippen molar-refractivity contribution in [3.63, 3.8) is 0 Å². The second-order valence-electron chi connectivity index (χ2n) is 8.75. The summed E-state index contributed by atoms with van der Waals surface area (Å²) in [6.07, 6.45) is 3.87. The zero-order chi connectivity index (χ0) is 23.4. The summed E-state index contributed by atoms with van der Waals surface area (Å²) in [6.45, 7) is 7.49. The zero-order valence-electron chi connectivity index (χ0n) is 18.4. The molecule has 0 bridgehead atoms. The predicted molar refractivity (Wildman–Crippen MR) is 117 cm³/mol. The highest BCUT2D eigenvalue weighted by Crippen LogP contribution is 2.58. The largest absolute Gasteiger partial charge is 0.508 e. The molecule has 0 saturated heterocycles. The second kappa shape index (κ2) is 7.31. The lowest BCUT2D eigenvalue weighted by atomic mass is 9.77. The van der Waals surface area contributed by atoms with Crippen LogP contribution in [0.1, 0.15) is 55.6 Å². The molecule has 0 amide bonds. The maximum atomic E-state index is 13.7. The van der Waals surface area contributed by atoms with E-state index in [2.05, 4.69) is 0 Å². The molecule has 4 N–H and O–H groups in total. The normalized spacial score (nSPS) is 22.7. The van der Waals surface area contributed by atoms with Gasteiger partial charge in [-0.2, -0.15) is 0 Å². The van der Waals surface area contributed by atoms with Gasteiger partial charge in [0.25, 0.3) is 0 Å². The summed E-state index contributed by atoms with van der Waals surface area (Å²) in [4.78, 5) is 13.7. The van der Waals surface area contributed by atoms with Crippen molar-refractivity contribution in [1.82, 2.24) is 0 Å². The highest BCUT2D eigenvalue weighted by molar-refractivity contribution is 6.09. The van der Waals surface area contributed by atoms with E-state index < -0.39 is 22.9 Å². The number of hydrogen-bond acceptors (Lipinski definition) is 7. The first kappa shape index (κ1) is 21.8. The van der Waals surface area contributed by atoms with Crippen molar-refractivity contribution in [2.45, 2.75) is 51.9 Å². The number of allylic oxidation sites excluding steroid dienone is 3. The number of carbonyl (C=O) groups is 1. The number of Topliss-reactive ketones (excluding diaryl/α,β-unsaturated/α-hetero) is 1. The minimum atomic E-state index is -2.48. The van der Waals surface area contributed by atoms with Crippen molar-refractivity contribution < 1.29 is 34.7 Å². The molecule has 2 aromatic rings. The number of phenolic OH excluding ortho intramolecular Hbond substituents is 3. The molecule has 0 saturated carbocycles. The van der Waals surface area contributed by atoms with E-state index in [0.29, 0.717) is 5.56 Å². The van der Waals surface area contributed by atoms with E-state index in [9.17, 15) is 25.2 Å². The molecule has 2 aromatic carbocycles. The fourth-order valence-electron chi connectivity index (χ4n) is 4.18. The minimum Gasteiger partial charge on any atom is -0.508 e. The number of ether oxygens (including phenoxy) is 2. The predicted octanol–water partition coefficient (Wildman–Crippen LogP) is 4.22. The van der Waals surface area contributed by atoms with Crippen LogP contribution in [0.3, 0.4) is 0 Å². The monoisotopic (exact) mass is 438 g/mol. The fraction of sp³-hybridized carbons (Fsp3) is 0.320. The van der Waals surface area contributed by atoms with Crippen LogP contribution >= 0.6 is 0 Å². The van der Waals surface area contributed by atoms with Gasteiger partial charge in [-0.05, 0) is 46.2 Å². The van der Waals surface area contributed by atoms with E-state index in [1.54, 1.807) is 12.2 Å². The Bertz CT molecular complexity index is 1190. The number of fused-ring (bicyclic) bond motifs is 4.